The number of carboxylic acid groups (broad SMARTS) is 1. The van der Waals surface area contributed by atoms with Crippen LogP contribution in [0.4, 0.5) is 5.69 Å². The van der Waals surface area contributed by atoms with Crippen molar-refractivity contribution >= 4 is 17.6 Å². The fourth-order valence-corrected chi connectivity index (χ4v) is 1.14. The molecule has 14 heavy (non-hydrogen) atoms. The largest absolute Gasteiger partial charge is 0.478 e. The maximum Gasteiger partial charge on any atom is 0.339 e. The van der Waals surface area contributed by atoms with Gasteiger partial charge in [-0.15, -0.1) is 0 Å². The molecule has 76 valence electrons. The first-order valence-electron chi connectivity index (χ1n) is 4.27. The van der Waals surface area contributed by atoms with Gasteiger partial charge >= 0.3 is 5.97 Å². The van der Waals surface area contributed by atoms with Crippen LogP contribution in [0.25, 0.3) is 0 Å². The summed E-state index contributed by atoms with van der Waals surface area (Å²) >= 11 is 0. The predicted molar refractivity (Wildman–Crippen MR) is 51.4 cm³/mol. The quantitative estimate of drug-likeness (QED) is 0.682. The molecule has 1 aromatic heterocycles. The van der Waals surface area contributed by atoms with Crippen molar-refractivity contribution in [3.8, 4) is 0 Å². The van der Waals surface area contributed by atoms with Gasteiger partial charge in [0.2, 0.25) is 5.91 Å². The maximum absolute atomic E-state index is 11.0. The van der Waals surface area contributed by atoms with Gasteiger partial charge in [0.1, 0.15) is 5.56 Å². The first-order chi connectivity index (χ1) is 6.56. The number of anilines is 1. The number of carbonyl (C=O) groups excluding carboxylic acids is 1. The van der Waals surface area contributed by atoms with Crippen molar-refractivity contribution in [2.24, 2.45) is 0 Å². The Hall–Kier alpha value is -1.78. The lowest BCUT2D eigenvalue weighted by Crippen LogP contribution is -2.12. The van der Waals surface area contributed by atoms with Crippen LogP contribution >= 0.6 is 0 Å². The minimum atomic E-state index is -1.05. The van der Waals surface area contributed by atoms with Crippen LogP contribution in [-0.4, -0.2) is 22.0 Å². The Balaban J connectivity index is 2.98. The molecule has 0 unspecified atom stereocenters. The summed E-state index contributed by atoms with van der Waals surface area (Å²) in [5, 5.41) is 11.4. The third kappa shape index (κ3) is 1.93. The SMILES string of the molecule is CCC(=O)Nc1c[nH]c(C)c1C(=O)O. The van der Waals surface area contributed by atoms with E-state index >= 15 is 0 Å². The van der Waals surface area contributed by atoms with Crippen molar-refractivity contribution in [1.82, 2.24) is 4.98 Å². The molecule has 0 aliphatic rings. The maximum atomic E-state index is 11.0. The normalized spacial score (nSPS) is 9.86. The smallest absolute Gasteiger partial charge is 0.339 e. The van der Waals surface area contributed by atoms with Crippen molar-refractivity contribution < 1.29 is 14.7 Å². The summed E-state index contributed by atoms with van der Waals surface area (Å²) in [5.74, 6) is -1.25. The number of hydrogen-bond donors (Lipinski definition) is 3. The predicted octanol–water partition coefficient (Wildman–Crippen LogP) is 1.37. The molecule has 3 N–H and O–H groups in total. The molecule has 0 fully saturated rings. The van der Waals surface area contributed by atoms with E-state index in [-0.39, 0.29) is 11.5 Å². The highest BCUT2D eigenvalue weighted by Crippen LogP contribution is 2.18. The Morgan fingerprint density at radius 1 is 1.57 bits per heavy atom. The van der Waals surface area contributed by atoms with Gasteiger partial charge in [-0.05, 0) is 6.92 Å². The zero-order chi connectivity index (χ0) is 10.7. The van der Waals surface area contributed by atoms with Crippen molar-refractivity contribution in [2.45, 2.75) is 20.3 Å². The number of H-pyrrole nitrogens is 1. The number of nitrogens with one attached hydrogen (secondary N) is 2. The van der Waals surface area contributed by atoms with Crippen LogP contribution in [0.15, 0.2) is 6.20 Å². The minimum absolute atomic E-state index is 0.117. The molecule has 0 aromatic carbocycles. The van der Waals surface area contributed by atoms with Gasteiger partial charge < -0.3 is 15.4 Å². The van der Waals surface area contributed by atoms with Gasteiger partial charge in [-0.25, -0.2) is 4.79 Å². The average molecular weight is 196 g/mol. The number of carbonyl (C=O) groups is 2. The second-order valence-corrected chi connectivity index (χ2v) is 2.91. The van der Waals surface area contributed by atoms with Crippen LogP contribution in [0.1, 0.15) is 29.4 Å². The summed E-state index contributed by atoms with van der Waals surface area (Å²) in [6, 6.07) is 0. The summed E-state index contributed by atoms with van der Waals surface area (Å²) in [6.07, 6.45) is 1.80. The number of hydrogen-bond acceptors (Lipinski definition) is 2. The van der Waals surface area contributed by atoms with E-state index in [9.17, 15) is 9.59 Å². The highest BCUT2D eigenvalue weighted by atomic mass is 16.4. The van der Waals surface area contributed by atoms with Crippen LogP contribution in [0, 0.1) is 6.92 Å². The zero-order valence-electron chi connectivity index (χ0n) is 8.05. The lowest BCUT2D eigenvalue weighted by Gasteiger charge is -2.01. The fraction of sp³-hybridized carbons (Fsp3) is 0.333. The van der Waals surface area contributed by atoms with Crippen molar-refractivity contribution in [1.29, 1.82) is 0 Å². The Labute approximate surface area is 81.1 Å². The van der Waals surface area contributed by atoms with Gasteiger partial charge in [-0.1, -0.05) is 6.92 Å². The van der Waals surface area contributed by atoms with Gasteiger partial charge in [0, 0.05) is 18.3 Å². The first-order valence-corrected chi connectivity index (χ1v) is 4.27. The lowest BCUT2D eigenvalue weighted by molar-refractivity contribution is -0.115. The van der Waals surface area contributed by atoms with Crippen molar-refractivity contribution in [3.05, 3.63) is 17.5 Å². The first kappa shape index (κ1) is 10.3. The molecule has 0 radical (unpaired) electrons. The second kappa shape index (κ2) is 3.95. The number of amides is 1. The average Bonchev–Trinajstić information content (AvgIpc) is 2.46. The van der Waals surface area contributed by atoms with Gasteiger partial charge in [0.15, 0.2) is 0 Å². The molecule has 5 heteroatoms. The fourth-order valence-electron chi connectivity index (χ4n) is 1.14. The standard InChI is InChI=1S/C9H12N2O3/c1-3-7(12)11-6-4-10-5(2)8(6)9(13)14/h4,10H,3H2,1-2H3,(H,11,12)(H,13,14). The van der Waals surface area contributed by atoms with Gasteiger partial charge in [-0.2, -0.15) is 0 Å². The third-order valence-electron chi connectivity index (χ3n) is 1.89. The molecule has 0 spiro atoms. The van der Waals surface area contributed by atoms with Crippen molar-refractivity contribution in [2.75, 3.05) is 5.32 Å². The topological polar surface area (TPSA) is 82.2 Å². The van der Waals surface area contributed by atoms with Crippen LogP contribution < -0.4 is 5.32 Å². The molecule has 0 aliphatic heterocycles. The highest BCUT2D eigenvalue weighted by molar-refractivity contribution is 6.01. The number of aromatic carboxylic acids is 1. The zero-order valence-corrected chi connectivity index (χ0v) is 8.05. The van der Waals surface area contributed by atoms with Gasteiger partial charge in [-0.3, -0.25) is 4.79 Å². The van der Waals surface area contributed by atoms with Crippen LogP contribution in [0.5, 0.6) is 0 Å². The summed E-state index contributed by atoms with van der Waals surface area (Å²) in [5.41, 5.74) is 0.970. The molecule has 0 aliphatic carbocycles. The Morgan fingerprint density at radius 3 is 2.71 bits per heavy atom. The summed E-state index contributed by atoms with van der Waals surface area (Å²) in [4.78, 5) is 24.6. The number of rotatable bonds is 3. The Bertz CT molecular complexity index is 368. The highest BCUT2D eigenvalue weighted by Gasteiger charge is 2.16. The number of carboxylic acids is 1. The van der Waals surface area contributed by atoms with Crippen molar-refractivity contribution in [3.63, 3.8) is 0 Å². The van der Waals surface area contributed by atoms with E-state index in [0.29, 0.717) is 17.8 Å². The molecule has 0 saturated carbocycles. The molecule has 0 atom stereocenters. The molecular formula is C9H12N2O3. The Kier molecular flexibility index (Phi) is 2.91. The Morgan fingerprint density at radius 2 is 2.21 bits per heavy atom. The van der Waals surface area contributed by atoms with Gasteiger partial charge in [0.25, 0.3) is 0 Å². The molecule has 0 saturated heterocycles. The van der Waals surface area contributed by atoms with E-state index in [0.717, 1.165) is 0 Å². The number of aromatic amines is 1. The van der Waals surface area contributed by atoms with E-state index in [4.69, 9.17) is 5.11 Å². The van der Waals surface area contributed by atoms with E-state index in [1.807, 2.05) is 0 Å². The number of aryl methyl sites for hydroxylation is 1. The molecular weight excluding hydrogens is 184 g/mol. The molecule has 1 heterocycles. The molecule has 1 amide bonds. The molecule has 1 aromatic rings. The van der Waals surface area contributed by atoms with Gasteiger partial charge in [0.05, 0.1) is 5.69 Å². The van der Waals surface area contributed by atoms with E-state index in [1.165, 1.54) is 6.20 Å². The minimum Gasteiger partial charge on any atom is -0.478 e. The van der Waals surface area contributed by atoms with Crippen LogP contribution in [0.3, 0.4) is 0 Å². The van der Waals surface area contributed by atoms with E-state index in [2.05, 4.69) is 10.3 Å². The summed E-state index contributed by atoms with van der Waals surface area (Å²) in [7, 11) is 0. The number of aromatic nitrogens is 1. The van der Waals surface area contributed by atoms with E-state index in [1.54, 1.807) is 13.8 Å². The van der Waals surface area contributed by atoms with Crippen LogP contribution in [0.2, 0.25) is 0 Å². The van der Waals surface area contributed by atoms with E-state index < -0.39 is 5.97 Å². The molecule has 1 rings (SSSR count). The third-order valence-corrected chi connectivity index (χ3v) is 1.89. The summed E-state index contributed by atoms with van der Waals surface area (Å²) < 4.78 is 0. The van der Waals surface area contributed by atoms with Crippen LogP contribution in [-0.2, 0) is 4.79 Å². The lowest BCUT2D eigenvalue weighted by atomic mass is 10.2. The second-order valence-electron chi connectivity index (χ2n) is 2.91. The monoisotopic (exact) mass is 196 g/mol. The molecule has 5 nitrogen and oxygen atoms in total. The molecule has 0 bridgehead atoms. The summed E-state index contributed by atoms with van der Waals surface area (Å²) in [6.45, 7) is 3.35.